The van der Waals surface area contributed by atoms with Gasteiger partial charge in [0.1, 0.15) is 17.6 Å². The largest absolute Gasteiger partial charge is 0.464 e. The highest BCUT2D eigenvalue weighted by molar-refractivity contribution is 5.92. The van der Waals surface area contributed by atoms with Crippen LogP contribution in [-0.2, 0) is 16.0 Å². The first-order valence-corrected chi connectivity index (χ1v) is 6.67. The van der Waals surface area contributed by atoms with Gasteiger partial charge in [-0.05, 0) is 25.5 Å². The van der Waals surface area contributed by atoms with Gasteiger partial charge >= 0.3 is 0 Å². The summed E-state index contributed by atoms with van der Waals surface area (Å²) >= 11 is 0. The lowest BCUT2D eigenvalue weighted by molar-refractivity contribution is -0.118. The Bertz CT molecular complexity index is 434. The van der Waals surface area contributed by atoms with Gasteiger partial charge in [0.2, 0.25) is 5.91 Å². The van der Waals surface area contributed by atoms with Gasteiger partial charge in [0.15, 0.2) is 0 Å². The lowest BCUT2D eigenvalue weighted by atomic mass is 10.2. The number of amides is 1. The van der Waals surface area contributed by atoms with Crippen LogP contribution in [0.25, 0.3) is 0 Å². The second-order valence-corrected chi connectivity index (χ2v) is 4.43. The minimum atomic E-state index is -0.252. The maximum Gasteiger partial charge on any atom is 0.247 e. The number of allylic oxidation sites excluding steroid dienone is 1. The van der Waals surface area contributed by atoms with E-state index >= 15 is 0 Å². The Balaban J connectivity index is 2.77. The average Bonchev–Trinajstić information content (AvgIpc) is 2.87. The molecule has 0 fully saturated rings. The second kappa shape index (κ2) is 7.79. The van der Waals surface area contributed by atoms with E-state index in [0.717, 1.165) is 24.4 Å². The van der Waals surface area contributed by atoms with Crippen molar-refractivity contribution in [3.63, 3.8) is 0 Å². The van der Waals surface area contributed by atoms with Crippen LogP contribution in [0.4, 0.5) is 0 Å². The summed E-state index contributed by atoms with van der Waals surface area (Å²) in [4.78, 5) is 12.0. The third kappa shape index (κ3) is 4.56. The van der Waals surface area contributed by atoms with Gasteiger partial charge in [0.05, 0.1) is 6.61 Å². The molecule has 0 aliphatic rings. The van der Waals surface area contributed by atoms with Crippen molar-refractivity contribution in [3.8, 4) is 0 Å². The number of ether oxygens (including phenoxy) is 1. The molecule has 19 heavy (non-hydrogen) atoms. The number of aryl methyl sites for hydroxylation is 1. The van der Waals surface area contributed by atoms with E-state index < -0.39 is 0 Å². The number of carbonyl (C=O) groups excluding carboxylic acids is 1. The van der Waals surface area contributed by atoms with E-state index in [1.165, 1.54) is 0 Å². The predicted molar refractivity (Wildman–Crippen MR) is 74.9 cm³/mol. The number of furan rings is 1. The SMILES string of the molecule is CC/C=C(\C)C(=O)N[C@H](COC)c1ccc(CC)o1. The Morgan fingerprint density at radius 1 is 1.47 bits per heavy atom. The molecule has 0 aliphatic heterocycles. The zero-order valence-electron chi connectivity index (χ0n) is 12.2. The fourth-order valence-corrected chi connectivity index (χ4v) is 1.80. The van der Waals surface area contributed by atoms with Crippen molar-refractivity contribution in [2.45, 2.75) is 39.7 Å². The minimum absolute atomic E-state index is 0.0849. The standard InChI is InChI=1S/C15H23NO3/c1-5-7-11(3)15(17)16-13(10-18-4)14-9-8-12(6-2)19-14/h7-9,13H,5-6,10H2,1-4H3,(H,16,17)/b11-7+/t13-/m1/s1. The van der Waals surface area contributed by atoms with Crippen LogP contribution in [-0.4, -0.2) is 19.6 Å². The molecule has 106 valence electrons. The lowest BCUT2D eigenvalue weighted by Gasteiger charge is -2.16. The molecule has 1 N–H and O–H groups in total. The van der Waals surface area contributed by atoms with E-state index in [2.05, 4.69) is 5.32 Å². The van der Waals surface area contributed by atoms with Crippen molar-refractivity contribution in [1.82, 2.24) is 5.32 Å². The van der Waals surface area contributed by atoms with Gasteiger partial charge in [0, 0.05) is 19.1 Å². The van der Waals surface area contributed by atoms with Gasteiger partial charge in [-0.2, -0.15) is 0 Å². The second-order valence-electron chi connectivity index (χ2n) is 4.43. The lowest BCUT2D eigenvalue weighted by Crippen LogP contribution is -2.31. The number of hydrogen-bond acceptors (Lipinski definition) is 3. The first-order valence-electron chi connectivity index (χ1n) is 6.67. The van der Waals surface area contributed by atoms with Crippen molar-refractivity contribution in [3.05, 3.63) is 35.3 Å². The van der Waals surface area contributed by atoms with Crippen LogP contribution in [0, 0.1) is 0 Å². The summed E-state index contributed by atoms with van der Waals surface area (Å²) in [6.07, 6.45) is 3.58. The molecule has 0 saturated carbocycles. The number of carbonyl (C=O) groups is 1. The molecular formula is C15H23NO3. The van der Waals surface area contributed by atoms with E-state index in [1.807, 2.05) is 39.0 Å². The fourth-order valence-electron chi connectivity index (χ4n) is 1.80. The monoisotopic (exact) mass is 265 g/mol. The van der Waals surface area contributed by atoms with Gasteiger partial charge in [0.25, 0.3) is 0 Å². The first-order chi connectivity index (χ1) is 9.12. The van der Waals surface area contributed by atoms with Gasteiger partial charge in [-0.1, -0.05) is 19.9 Å². The topological polar surface area (TPSA) is 51.5 Å². The van der Waals surface area contributed by atoms with Crippen molar-refractivity contribution in [2.24, 2.45) is 0 Å². The molecule has 0 unspecified atom stereocenters. The van der Waals surface area contributed by atoms with Crippen LogP contribution in [0.15, 0.2) is 28.2 Å². The highest BCUT2D eigenvalue weighted by atomic mass is 16.5. The normalized spacial score (nSPS) is 13.4. The first kappa shape index (κ1) is 15.5. The van der Waals surface area contributed by atoms with E-state index in [9.17, 15) is 4.79 Å². The van der Waals surface area contributed by atoms with Crippen molar-refractivity contribution < 1.29 is 13.9 Å². The van der Waals surface area contributed by atoms with Gasteiger partial charge in [-0.25, -0.2) is 0 Å². The van der Waals surface area contributed by atoms with Crippen LogP contribution < -0.4 is 5.32 Å². The van der Waals surface area contributed by atoms with E-state index in [4.69, 9.17) is 9.15 Å². The van der Waals surface area contributed by atoms with Crippen LogP contribution in [0.5, 0.6) is 0 Å². The third-order valence-electron chi connectivity index (χ3n) is 2.88. The molecule has 0 bridgehead atoms. The van der Waals surface area contributed by atoms with Gasteiger partial charge < -0.3 is 14.5 Å². The quantitative estimate of drug-likeness (QED) is 0.771. The molecule has 0 spiro atoms. The summed E-state index contributed by atoms with van der Waals surface area (Å²) in [6.45, 7) is 6.23. The van der Waals surface area contributed by atoms with E-state index in [-0.39, 0.29) is 11.9 Å². The number of hydrogen-bond donors (Lipinski definition) is 1. The van der Waals surface area contributed by atoms with Crippen LogP contribution in [0.3, 0.4) is 0 Å². The van der Waals surface area contributed by atoms with Crippen LogP contribution in [0.1, 0.15) is 44.8 Å². The van der Waals surface area contributed by atoms with E-state index in [0.29, 0.717) is 12.2 Å². The molecule has 1 heterocycles. The molecule has 1 atom stereocenters. The smallest absolute Gasteiger partial charge is 0.247 e. The minimum Gasteiger partial charge on any atom is -0.464 e. The summed E-state index contributed by atoms with van der Waals surface area (Å²) < 4.78 is 10.8. The Morgan fingerprint density at radius 3 is 2.74 bits per heavy atom. The van der Waals surface area contributed by atoms with Crippen LogP contribution >= 0.6 is 0 Å². The van der Waals surface area contributed by atoms with Crippen LogP contribution in [0.2, 0.25) is 0 Å². The van der Waals surface area contributed by atoms with Gasteiger partial charge in [-0.15, -0.1) is 0 Å². The predicted octanol–water partition coefficient (Wildman–Crippen LogP) is 3.00. The highest BCUT2D eigenvalue weighted by Crippen LogP contribution is 2.18. The molecule has 1 amide bonds. The maximum absolute atomic E-state index is 12.0. The molecule has 0 aliphatic carbocycles. The van der Waals surface area contributed by atoms with Crippen molar-refractivity contribution in [2.75, 3.05) is 13.7 Å². The fraction of sp³-hybridized carbons (Fsp3) is 0.533. The molecule has 1 aromatic rings. The summed E-state index contributed by atoms with van der Waals surface area (Å²) in [7, 11) is 1.61. The number of methoxy groups -OCH3 is 1. The average molecular weight is 265 g/mol. The summed E-state index contributed by atoms with van der Waals surface area (Å²) in [5, 5.41) is 2.93. The Labute approximate surface area is 114 Å². The molecule has 1 rings (SSSR count). The Morgan fingerprint density at radius 2 is 2.21 bits per heavy atom. The molecule has 4 heteroatoms. The Hall–Kier alpha value is -1.55. The summed E-state index contributed by atoms with van der Waals surface area (Å²) in [5.41, 5.74) is 0.714. The Kier molecular flexibility index (Phi) is 6.36. The highest BCUT2D eigenvalue weighted by Gasteiger charge is 2.18. The molecule has 0 saturated heterocycles. The molecular weight excluding hydrogens is 242 g/mol. The molecule has 0 radical (unpaired) electrons. The van der Waals surface area contributed by atoms with Gasteiger partial charge in [-0.3, -0.25) is 4.79 Å². The summed E-state index contributed by atoms with van der Waals surface area (Å²) in [6, 6.07) is 3.57. The van der Waals surface area contributed by atoms with E-state index in [1.54, 1.807) is 7.11 Å². The zero-order chi connectivity index (χ0) is 14.3. The molecule has 4 nitrogen and oxygen atoms in total. The van der Waals surface area contributed by atoms with Crippen molar-refractivity contribution >= 4 is 5.91 Å². The zero-order valence-corrected chi connectivity index (χ0v) is 12.2. The molecule has 0 aromatic carbocycles. The molecule has 1 aromatic heterocycles. The van der Waals surface area contributed by atoms with Crippen molar-refractivity contribution in [1.29, 1.82) is 0 Å². The third-order valence-corrected chi connectivity index (χ3v) is 2.88. The maximum atomic E-state index is 12.0. The number of nitrogens with one attached hydrogen (secondary N) is 1. The summed E-state index contributed by atoms with van der Waals surface area (Å²) in [5.74, 6) is 1.56. The number of rotatable bonds is 7.